The molecule has 0 amide bonds. The second kappa shape index (κ2) is 5.41. The fourth-order valence-corrected chi connectivity index (χ4v) is 4.80. The molecule has 2 heterocycles. The van der Waals surface area contributed by atoms with Gasteiger partial charge in [0.1, 0.15) is 0 Å². The molecule has 1 atom stereocenters. The number of rotatable bonds is 3. The van der Waals surface area contributed by atoms with Crippen molar-refractivity contribution in [3.05, 3.63) is 41.1 Å². The summed E-state index contributed by atoms with van der Waals surface area (Å²) >= 11 is 13.1. The molecule has 5 heteroatoms. The van der Waals surface area contributed by atoms with E-state index in [-0.39, 0.29) is 6.04 Å². The minimum absolute atomic E-state index is 0.237. The molecule has 1 N–H and O–H groups in total. The quantitative estimate of drug-likeness (QED) is 0.807. The normalized spacial score (nSPS) is 13.0. The lowest BCUT2D eigenvalue weighted by Crippen LogP contribution is -2.15. The maximum atomic E-state index is 6.09. The lowest BCUT2D eigenvalue weighted by Gasteiger charge is -2.11. The average Bonchev–Trinajstić information content (AvgIpc) is 2.75. The van der Waals surface area contributed by atoms with Crippen molar-refractivity contribution in [3.63, 3.8) is 0 Å². The molecule has 0 aromatic carbocycles. The van der Waals surface area contributed by atoms with E-state index in [9.17, 15) is 0 Å². The van der Waals surface area contributed by atoms with Gasteiger partial charge in [-0.25, -0.2) is 0 Å². The number of halogens is 2. The van der Waals surface area contributed by atoms with Crippen LogP contribution in [0.1, 0.15) is 26.2 Å². The maximum Gasteiger partial charge on any atom is 0.0888 e. The molecule has 0 spiro atoms. The van der Waals surface area contributed by atoms with Gasteiger partial charge < -0.3 is 5.32 Å². The van der Waals surface area contributed by atoms with E-state index in [1.807, 2.05) is 24.5 Å². The molecule has 0 aliphatic carbocycles. The van der Waals surface area contributed by atoms with Crippen molar-refractivity contribution in [2.45, 2.75) is 19.9 Å². The van der Waals surface area contributed by atoms with Gasteiger partial charge in [-0.05, 0) is 54.5 Å². The van der Waals surface area contributed by atoms with Crippen molar-refractivity contribution in [2.24, 2.45) is 0 Å². The van der Waals surface area contributed by atoms with E-state index in [0.717, 1.165) is 8.81 Å². The molecule has 0 radical (unpaired) electrons. The Morgan fingerprint density at radius 1 is 1.24 bits per heavy atom. The SMILES string of the molecule is CNC(c1cc(C)c(C)s1)c1cc(Cl)c(Br)s1. The number of hydrogen-bond acceptors (Lipinski definition) is 3. The van der Waals surface area contributed by atoms with Crippen molar-refractivity contribution in [1.82, 2.24) is 5.32 Å². The summed E-state index contributed by atoms with van der Waals surface area (Å²) in [5.41, 5.74) is 1.35. The van der Waals surface area contributed by atoms with Crippen LogP contribution in [0.4, 0.5) is 0 Å². The Morgan fingerprint density at radius 3 is 2.29 bits per heavy atom. The molecule has 2 aromatic rings. The van der Waals surface area contributed by atoms with Gasteiger partial charge in [0, 0.05) is 14.6 Å². The largest absolute Gasteiger partial charge is 0.308 e. The van der Waals surface area contributed by atoms with Crippen LogP contribution in [0.15, 0.2) is 15.9 Å². The highest BCUT2D eigenvalue weighted by atomic mass is 79.9. The highest BCUT2D eigenvalue weighted by Crippen LogP contribution is 2.39. The smallest absolute Gasteiger partial charge is 0.0888 e. The van der Waals surface area contributed by atoms with Crippen LogP contribution in [0.5, 0.6) is 0 Å². The van der Waals surface area contributed by atoms with Crippen LogP contribution < -0.4 is 5.32 Å². The summed E-state index contributed by atoms with van der Waals surface area (Å²) in [6, 6.07) is 4.52. The number of nitrogens with one attached hydrogen (secondary N) is 1. The van der Waals surface area contributed by atoms with Gasteiger partial charge in [-0.2, -0.15) is 0 Å². The van der Waals surface area contributed by atoms with Crippen molar-refractivity contribution >= 4 is 50.2 Å². The monoisotopic (exact) mass is 349 g/mol. The third-order valence-electron chi connectivity index (χ3n) is 2.71. The van der Waals surface area contributed by atoms with Crippen LogP contribution in [0.2, 0.25) is 5.02 Å². The van der Waals surface area contributed by atoms with Crippen LogP contribution in [0.25, 0.3) is 0 Å². The molecule has 1 unspecified atom stereocenters. The summed E-state index contributed by atoms with van der Waals surface area (Å²) in [4.78, 5) is 3.96. The van der Waals surface area contributed by atoms with Gasteiger partial charge >= 0.3 is 0 Å². The molecular formula is C12H13BrClNS2. The van der Waals surface area contributed by atoms with Gasteiger partial charge in [0.15, 0.2) is 0 Å². The zero-order chi connectivity index (χ0) is 12.6. The van der Waals surface area contributed by atoms with Gasteiger partial charge in [0.25, 0.3) is 0 Å². The molecule has 0 bridgehead atoms. The summed E-state index contributed by atoms with van der Waals surface area (Å²) in [6.07, 6.45) is 0. The molecule has 0 fully saturated rings. The molecule has 2 aromatic heterocycles. The van der Waals surface area contributed by atoms with Crippen molar-refractivity contribution < 1.29 is 0 Å². The molecular weight excluding hydrogens is 338 g/mol. The minimum Gasteiger partial charge on any atom is -0.308 e. The first-order chi connectivity index (χ1) is 8.02. The lowest BCUT2D eigenvalue weighted by molar-refractivity contribution is 0.716. The summed E-state index contributed by atoms with van der Waals surface area (Å²) in [5.74, 6) is 0. The Balaban J connectivity index is 2.39. The van der Waals surface area contributed by atoms with E-state index in [0.29, 0.717) is 0 Å². The second-order valence-corrected chi connectivity index (χ2v) is 7.98. The summed E-state index contributed by atoms with van der Waals surface area (Å²) in [6.45, 7) is 4.31. The maximum absolute atomic E-state index is 6.09. The van der Waals surface area contributed by atoms with Gasteiger partial charge in [-0.1, -0.05) is 11.6 Å². The highest BCUT2D eigenvalue weighted by Gasteiger charge is 2.18. The predicted octanol–water partition coefficient (Wildman–Crippen LogP) is 5.15. The number of aryl methyl sites for hydroxylation is 2. The van der Waals surface area contributed by atoms with Gasteiger partial charge in [-0.3, -0.25) is 0 Å². The lowest BCUT2D eigenvalue weighted by atomic mass is 10.2. The van der Waals surface area contributed by atoms with E-state index in [2.05, 4.69) is 41.2 Å². The van der Waals surface area contributed by atoms with Crippen LogP contribution in [-0.2, 0) is 0 Å². The molecule has 2 rings (SSSR count). The van der Waals surface area contributed by atoms with Gasteiger partial charge in [0.05, 0.1) is 14.9 Å². The topological polar surface area (TPSA) is 12.0 Å². The number of thiophene rings is 2. The summed E-state index contributed by atoms with van der Waals surface area (Å²) in [5, 5.41) is 4.14. The first kappa shape index (κ1) is 13.6. The van der Waals surface area contributed by atoms with Crippen molar-refractivity contribution in [2.75, 3.05) is 7.05 Å². The predicted molar refractivity (Wildman–Crippen MR) is 81.7 cm³/mol. The fourth-order valence-electron chi connectivity index (χ4n) is 1.67. The fraction of sp³-hybridized carbons (Fsp3) is 0.333. The molecule has 0 aliphatic rings. The molecule has 17 heavy (non-hydrogen) atoms. The highest BCUT2D eigenvalue weighted by molar-refractivity contribution is 9.11. The van der Waals surface area contributed by atoms with E-state index in [4.69, 9.17) is 11.6 Å². The third kappa shape index (κ3) is 2.76. The molecule has 0 saturated heterocycles. The van der Waals surface area contributed by atoms with Gasteiger partial charge in [-0.15, -0.1) is 22.7 Å². The molecule has 92 valence electrons. The Kier molecular flexibility index (Phi) is 4.31. The molecule has 0 aliphatic heterocycles. The first-order valence-electron chi connectivity index (χ1n) is 5.22. The summed E-state index contributed by atoms with van der Waals surface area (Å²) < 4.78 is 0.999. The minimum atomic E-state index is 0.237. The molecule has 1 nitrogen and oxygen atoms in total. The Hall–Kier alpha value is 0.130. The Bertz CT molecular complexity index is 447. The Labute approximate surface area is 123 Å². The van der Waals surface area contributed by atoms with Crippen LogP contribution in [-0.4, -0.2) is 7.05 Å². The van der Waals surface area contributed by atoms with Crippen molar-refractivity contribution in [3.8, 4) is 0 Å². The third-order valence-corrected chi connectivity index (χ3v) is 6.46. The second-order valence-electron chi connectivity index (χ2n) is 3.88. The van der Waals surface area contributed by atoms with Crippen LogP contribution >= 0.6 is 50.2 Å². The Morgan fingerprint density at radius 2 is 1.88 bits per heavy atom. The van der Waals surface area contributed by atoms with Crippen LogP contribution in [0, 0.1) is 13.8 Å². The van der Waals surface area contributed by atoms with E-state index >= 15 is 0 Å². The zero-order valence-corrected chi connectivity index (χ0v) is 13.8. The first-order valence-corrected chi connectivity index (χ1v) is 8.02. The van der Waals surface area contributed by atoms with E-state index in [1.165, 1.54) is 20.2 Å². The molecule has 0 saturated carbocycles. The summed E-state index contributed by atoms with van der Waals surface area (Å²) in [7, 11) is 1.98. The number of hydrogen-bond donors (Lipinski definition) is 1. The zero-order valence-electron chi connectivity index (χ0n) is 9.80. The van der Waals surface area contributed by atoms with Gasteiger partial charge in [0.2, 0.25) is 0 Å². The van der Waals surface area contributed by atoms with Crippen LogP contribution in [0.3, 0.4) is 0 Å². The average molecular weight is 351 g/mol. The van der Waals surface area contributed by atoms with E-state index < -0.39 is 0 Å². The van der Waals surface area contributed by atoms with Crippen molar-refractivity contribution in [1.29, 1.82) is 0 Å². The van der Waals surface area contributed by atoms with E-state index in [1.54, 1.807) is 11.3 Å². The standard InChI is InChI=1S/C12H13BrClNS2/c1-6-4-9(16-7(6)2)11(15-3)10-5-8(14)12(13)17-10/h4-5,11,15H,1-3H3.